The number of benzene rings is 1. The van der Waals surface area contributed by atoms with Crippen molar-refractivity contribution in [3.63, 3.8) is 0 Å². The number of hydrogen-bond acceptors (Lipinski definition) is 3. The third-order valence-electron chi connectivity index (χ3n) is 1.84. The molecule has 0 saturated carbocycles. The summed E-state index contributed by atoms with van der Waals surface area (Å²) < 4.78 is 40.4. The molecule has 1 aromatic carbocycles. The first kappa shape index (κ1) is 14.8. The SMILES string of the molecule is CC(C)(C)ONCc1ccccc1OC(F)(F)F. The van der Waals surface area contributed by atoms with Crippen LogP contribution in [0.25, 0.3) is 0 Å². The maximum Gasteiger partial charge on any atom is 0.573 e. The lowest BCUT2D eigenvalue weighted by molar-refractivity contribution is -0.275. The summed E-state index contributed by atoms with van der Waals surface area (Å²) in [6, 6.07) is 5.92. The highest BCUT2D eigenvalue weighted by Crippen LogP contribution is 2.26. The van der Waals surface area contributed by atoms with Crippen molar-refractivity contribution in [2.75, 3.05) is 0 Å². The minimum absolute atomic E-state index is 0.128. The van der Waals surface area contributed by atoms with E-state index in [0.717, 1.165) is 0 Å². The van der Waals surface area contributed by atoms with Gasteiger partial charge in [0.1, 0.15) is 5.75 Å². The van der Waals surface area contributed by atoms with Gasteiger partial charge in [-0.1, -0.05) is 18.2 Å². The number of alkyl halides is 3. The van der Waals surface area contributed by atoms with Gasteiger partial charge in [0.2, 0.25) is 0 Å². The average Bonchev–Trinajstić information content (AvgIpc) is 2.16. The molecule has 0 radical (unpaired) electrons. The topological polar surface area (TPSA) is 30.5 Å². The van der Waals surface area contributed by atoms with Gasteiger partial charge in [-0.05, 0) is 26.8 Å². The first-order valence-electron chi connectivity index (χ1n) is 5.42. The van der Waals surface area contributed by atoms with E-state index >= 15 is 0 Å². The molecule has 1 N–H and O–H groups in total. The largest absolute Gasteiger partial charge is 0.573 e. The molecule has 0 unspecified atom stereocenters. The molecule has 0 saturated heterocycles. The van der Waals surface area contributed by atoms with E-state index < -0.39 is 12.0 Å². The highest BCUT2D eigenvalue weighted by molar-refractivity contribution is 5.33. The van der Waals surface area contributed by atoms with Gasteiger partial charge < -0.3 is 4.74 Å². The quantitative estimate of drug-likeness (QED) is 0.844. The van der Waals surface area contributed by atoms with Crippen LogP contribution in [-0.2, 0) is 11.4 Å². The van der Waals surface area contributed by atoms with Crippen molar-refractivity contribution in [2.45, 2.75) is 39.3 Å². The third-order valence-corrected chi connectivity index (χ3v) is 1.84. The Morgan fingerprint density at radius 2 is 1.72 bits per heavy atom. The van der Waals surface area contributed by atoms with Gasteiger partial charge in [0.15, 0.2) is 0 Å². The Labute approximate surface area is 104 Å². The molecule has 0 spiro atoms. The Morgan fingerprint density at radius 3 is 2.28 bits per heavy atom. The number of rotatable bonds is 4. The van der Waals surface area contributed by atoms with Crippen molar-refractivity contribution < 1.29 is 22.7 Å². The molecule has 0 bridgehead atoms. The molecular formula is C12H16F3NO2. The molecule has 18 heavy (non-hydrogen) atoms. The summed E-state index contributed by atoms with van der Waals surface area (Å²) in [6.45, 7) is 5.62. The Kier molecular flexibility index (Phi) is 4.59. The van der Waals surface area contributed by atoms with Gasteiger partial charge in [0.05, 0.1) is 5.60 Å². The van der Waals surface area contributed by atoms with Crippen LogP contribution < -0.4 is 10.2 Å². The molecule has 0 aromatic heterocycles. The standard InChI is InChI=1S/C12H16F3NO2/c1-11(2,3)18-16-8-9-6-4-5-7-10(9)17-12(13,14)15/h4-7,16H,8H2,1-3H3. The zero-order valence-corrected chi connectivity index (χ0v) is 10.5. The second kappa shape index (κ2) is 5.58. The van der Waals surface area contributed by atoms with Gasteiger partial charge in [0.25, 0.3) is 0 Å². The van der Waals surface area contributed by atoms with Gasteiger partial charge in [-0.3, -0.25) is 4.84 Å². The van der Waals surface area contributed by atoms with Crippen molar-refractivity contribution in [1.82, 2.24) is 5.48 Å². The molecule has 1 rings (SSSR count). The predicted octanol–water partition coefficient (Wildman–Crippen LogP) is 3.40. The molecule has 0 aliphatic rings. The van der Waals surface area contributed by atoms with Crippen molar-refractivity contribution in [3.8, 4) is 5.75 Å². The van der Waals surface area contributed by atoms with Crippen LogP contribution >= 0.6 is 0 Å². The zero-order valence-electron chi connectivity index (χ0n) is 10.5. The number of para-hydroxylation sites is 1. The maximum atomic E-state index is 12.2. The fourth-order valence-corrected chi connectivity index (χ4v) is 1.20. The van der Waals surface area contributed by atoms with Crippen LogP contribution in [-0.4, -0.2) is 12.0 Å². The van der Waals surface area contributed by atoms with Gasteiger partial charge in [-0.15, -0.1) is 13.2 Å². The van der Waals surface area contributed by atoms with Gasteiger partial charge in [-0.25, -0.2) is 0 Å². The van der Waals surface area contributed by atoms with E-state index in [9.17, 15) is 13.2 Å². The molecule has 0 fully saturated rings. The molecule has 3 nitrogen and oxygen atoms in total. The Morgan fingerprint density at radius 1 is 1.11 bits per heavy atom. The lowest BCUT2D eigenvalue weighted by Gasteiger charge is -2.20. The van der Waals surface area contributed by atoms with E-state index in [-0.39, 0.29) is 12.3 Å². The second-order valence-corrected chi connectivity index (χ2v) is 4.69. The number of ether oxygens (including phenoxy) is 1. The molecule has 102 valence electrons. The maximum absolute atomic E-state index is 12.2. The fourth-order valence-electron chi connectivity index (χ4n) is 1.20. The highest BCUT2D eigenvalue weighted by atomic mass is 19.4. The summed E-state index contributed by atoms with van der Waals surface area (Å²) in [4.78, 5) is 5.23. The van der Waals surface area contributed by atoms with Crippen LogP contribution in [0.2, 0.25) is 0 Å². The Bertz CT molecular complexity index is 386. The second-order valence-electron chi connectivity index (χ2n) is 4.69. The number of nitrogens with one attached hydrogen (secondary N) is 1. The molecule has 0 atom stereocenters. The van der Waals surface area contributed by atoms with Crippen LogP contribution in [0.3, 0.4) is 0 Å². The smallest absolute Gasteiger partial charge is 0.405 e. The summed E-state index contributed by atoms with van der Waals surface area (Å²) in [5.41, 5.74) is 2.58. The first-order valence-corrected chi connectivity index (χ1v) is 5.42. The average molecular weight is 263 g/mol. The summed E-state index contributed by atoms with van der Waals surface area (Å²) in [5, 5.41) is 0. The van der Waals surface area contributed by atoms with E-state index in [2.05, 4.69) is 10.2 Å². The first-order chi connectivity index (χ1) is 8.17. The number of hydrogen-bond donors (Lipinski definition) is 1. The van der Waals surface area contributed by atoms with Crippen LogP contribution in [0.1, 0.15) is 26.3 Å². The number of halogens is 3. The predicted molar refractivity (Wildman–Crippen MR) is 60.8 cm³/mol. The molecule has 0 aliphatic heterocycles. The Hall–Kier alpha value is -1.27. The van der Waals surface area contributed by atoms with Crippen LogP contribution in [0, 0.1) is 0 Å². The molecule has 1 aromatic rings. The van der Waals surface area contributed by atoms with Crippen molar-refractivity contribution in [1.29, 1.82) is 0 Å². The van der Waals surface area contributed by atoms with Crippen LogP contribution in [0.4, 0.5) is 13.2 Å². The lowest BCUT2D eigenvalue weighted by Crippen LogP contribution is -2.29. The number of hydroxylamine groups is 1. The van der Waals surface area contributed by atoms with E-state index in [1.54, 1.807) is 12.1 Å². The van der Waals surface area contributed by atoms with E-state index in [0.29, 0.717) is 5.56 Å². The molecule has 6 heteroatoms. The van der Waals surface area contributed by atoms with Crippen LogP contribution in [0.15, 0.2) is 24.3 Å². The van der Waals surface area contributed by atoms with E-state index in [4.69, 9.17) is 4.84 Å². The van der Waals surface area contributed by atoms with Crippen molar-refractivity contribution >= 4 is 0 Å². The summed E-state index contributed by atoms with van der Waals surface area (Å²) in [5.74, 6) is -0.227. The van der Waals surface area contributed by atoms with Crippen LogP contribution in [0.5, 0.6) is 5.75 Å². The monoisotopic (exact) mass is 263 g/mol. The summed E-state index contributed by atoms with van der Waals surface area (Å²) in [7, 11) is 0. The Balaban J connectivity index is 2.65. The molecular weight excluding hydrogens is 247 g/mol. The zero-order chi connectivity index (χ0) is 13.8. The summed E-state index contributed by atoms with van der Waals surface area (Å²) in [6.07, 6.45) is -4.69. The molecule has 0 heterocycles. The van der Waals surface area contributed by atoms with Gasteiger partial charge in [0, 0.05) is 12.1 Å². The third kappa shape index (κ3) is 5.88. The van der Waals surface area contributed by atoms with Gasteiger partial charge >= 0.3 is 6.36 Å². The molecule has 0 aliphatic carbocycles. The van der Waals surface area contributed by atoms with Gasteiger partial charge in [-0.2, -0.15) is 5.48 Å². The molecule has 0 amide bonds. The van der Waals surface area contributed by atoms with E-state index in [1.807, 2.05) is 20.8 Å². The minimum atomic E-state index is -4.69. The van der Waals surface area contributed by atoms with E-state index in [1.165, 1.54) is 12.1 Å². The van der Waals surface area contributed by atoms with Crippen molar-refractivity contribution in [3.05, 3.63) is 29.8 Å². The lowest BCUT2D eigenvalue weighted by atomic mass is 10.2. The summed E-state index contributed by atoms with van der Waals surface area (Å²) >= 11 is 0. The minimum Gasteiger partial charge on any atom is -0.405 e. The normalized spacial score (nSPS) is 12.6. The highest BCUT2D eigenvalue weighted by Gasteiger charge is 2.31. The fraction of sp³-hybridized carbons (Fsp3) is 0.500. The van der Waals surface area contributed by atoms with Crippen molar-refractivity contribution in [2.24, 2.45) is 0 Å².